The average molecular weight is 316 g/mol. The van der Waals surface area contributed by atoms with Gasteiger partial charge in [-0.3, -0.25) is 10.1 Å². The van der Waals surface area contributed by atoms with E-state index in [0.717, 1.165) is 12.1 Å². The van der Waals surface area contributed by atoms with Gasteiger partial charge in [-0.2, -0.15) is 0 Å². The van der Waals surface area contributed by atoms with Gasteiger partial charge in [0.25, 0.3) is 0 Å². The van der Waals surface area contributed by atoms with Gasteiger partial charge in [0.1, 0.15) is 11.6 Å². The van der Waals surface area contributed by atoms with Crippen LogP contribution in [0.25, 0.3) is 0 Å². The third-order valence-corrected chi connectivity index (χ3v) is 3.15. The third-order valence-electron chi connectivity index (χ3n) is 2.51. The number of hydrogen-bond acceptors (Lipinski definition) is 3. The first-order valence-electron chi connectivity index (χ1n) is 5.47. The van der Waals surface area contributed by atoms with Crippen LogP contribution in [-0.4, -0.2) is 4.92 Å². The lowest BCUT2D eigenvalue weighted by molar-refractivity contribution is -0.385. The molecule has 0 N–H and O–H groups in total. The largest absolute Gasteiger partial charge is 0.450 e. The van der Waals surface area contributed by atoms with Gasteiger partial charge in [0, 0.05) is 10.9 Å². The van der Waals surface area contributed by atoms with E-state index in [1.54, 1.807) is 12.1 Å². The van der Waals surface area contributed by atoms with Crippen LogP contribution in [0.1, 0.15) is 5.56 Å². The molecule has 0 radical (unpaired) electrons. The summed E-state index contributed by atoms with van der Waals surface area (Å²) in [6, 6.07) is 7.79. The molecule has 0 fully saturated rings. The van der Waals surface area contributed by atoms with E-state index in [1.807, 2.05) is 0 Å². The molecular weight excluding hydrogens is 308 g/mol. The van der Waals surface area contributed by atoms with E-state index >= 15 is 0 Å². The van der Waals surface area contributed by atoms with Gasteiger partial charge in [0.15, 0.2) is 0 Å². The van der Waals surface area contributed by atoms with Gasteiger partial charge in [-0.15, -0.1) is 11.6 Å². The fourth-order valence-corrected chi connectivity index (χ4v) is 2.09. The highest BCUT2D eigenvalue weighted by Gasteiger charge is 2.17. The summed E-state index contributed by atoms with van der Waals surface area (Å²) in [4.78, 5) is 10.1. The zero-order chi connectivity index (χ0) is 14.7. The molecule has 0 unspecified atom stereocenters. The maximum Gasteiger partial charge on any atom is 0.314 e. The third kappa shape index (κ3) is 3.18. The minimum Gasteiger partial charge on any atom is -0.450 e. The number of hydrogen-bond donors (Lipinski definition) is 0. The number of nitrogens with zero attached hydrogens (tertiary/aromatic N) is 1. The molecule has 0 spiro atoms. The highest BCUT2D eigenvalue weighted by molar-refractivity contribution is 6.32. The Labute approximate surface area is 123 Å². The Balaban J connectivity index is 2.35. The van der Waals surface area contributed by atoms with Crippen molar-refractivity contribution in [2.24, 2.45) is 0 Å². The molecule has 2 aromatic carbocycles. The van der Waals surface area contributed by atoms with Gasteiger partial charge in [-0.25, -0.2) is 4.39 Å². The molecule has 0 aliphatic rings. The molecule has 0 saturated heterocycles. The van der Waals surface area contributed by atoms with E-state index in [1.165, 1.54) is 12.1 Å². The lowest BCUT2D eigenvalue weighted by atomic mass is 10.2. The van der Waals surface area contributed by atoms with Crippen molar-refractivity contribution in [1.29, 1.82) is 0 Å². The summed E-state index contributed by atoms with van der Waals surface area (Å²) in [5.74, 6) is -0.222. The predicted octanol–water partition coefficient (Wildman–Crippen LogP) is 4.92. The summed E-state index contributed by atoms with van der Waals surface area (Å²) < 4.78 is 18.4. The van der Waals surface area contributed by atoms with Crippen LogP contribution in [0.2, 0.25) is 5.02 Å². The summed E-state index contributed by atoms with van der Waals surface area (Å²) in [7, 11) is 0. The van der Waals surface area contributed by atoms with Crippen molar-refractivity contribution in [2.45, 2.75) is 5.88 Å². The maximum atomic E-state index is 13.0. The van der Waals surface area contributed by atoms with Crippen LogP contribution in [0.3, 0.4) is 0 Å². The predicted molar refractivity (Wildman–Crippen MR) is 74.1 cm³/mol. The standard InChI is InChI=1S/C13H8Cl2FNO3/c14-7-8-1-3-10(6-11(8)15)20-13-4-2-9(16)5-12(13)17(18)19/h1-6H,7H2. The molecule has 0 heterocycles. The summed E-state index contributed by atoms with van der Waals surface area (Å²) in [5.41, 5.74) is 0.261. The second-order valence-electron chi connectivity index (χ2n) is 3.86. The lowest BCUT2D eigenvalue weighted by Crippen LogP contribution is -1.94. The van der Waals surface area contributed by atoms with Crippen molar-refractivity contribution in [3.8, 4) is 11.5 Å². The van der Waals surface area contributed by atoms with Crippen LogP contribution in [0.4, 0.5) is 10.1 Å². The van der Waals surface area contributed by atoms with Crippen LogP contribution in [0, 0.1) is 15.9 Å². The smallest absolute Gasteiger partial charge is 0.314 e. The topological polar surface area (TPSA) is 52.4 Å². The number of halogens is 3. The maximum absolute atomic E-state index is 13.0. The quantitative estimate of drug-likeness (QED) is 0.457. The molecule has 0 atom stereocenters. The molecular formula is C13H8Cl2FNO3. The molecule has 0 bridgehead atoms. The summed E-state index contributed by atoms with van der Waals surface area (Å²) >= 11 is 11.6. The Morgan fingerprint density at radius 1 is 1.25 bits per heavy atom. The van der Waals surface area contributed by atoms with E-state index in [0.29, 0.717) is 16.3 Å². The monoisotopic (exact) mass is 315 g/mol. The Kier molecular flexibility index (Phi) is 4.42. The Hall–Kier alpha value is -1.85. The normalized spacial score (nSPS) is 10.3. The van der Waals surface area contributed by atoms with Gasteiger partial charge in [0.05, 0.1) is 11.0 Å². The molecule has 7 heteroatoms. The van der Waals surface area contributed by atoms with Crippen molar-refractivity contribution in [3.63, 3.8) is 0 Å². The summed E-state index contributed by atoms with van der Waals surface area (Å²) in [5, 5.41) is 11.2. The van der Waals surface area contributed by atoms with E-state index in [-0.39, 0.29) is 11.6 Å². The van der Waals surface area contributed by atoms with Gasteiger partial charge >= 0.3 is 5.69 Å². The van der Waals surface area contributed by atoms with E-state index in [2.05, 4.69) is 0 Å². The fourth-order valence-electron chi connectivity index (χ4n) is 1.55. The van der Waals surface area contributed by atoms with Crippen LogP contribution < -0.4 is 4.74 Å². The van der Waals surface area contributed by atoms with E-state index < -0.39 is 16.4 Å². The zero-order valence-electron chi connectivity index (χ0n) is 9.98. The van der Waals surface area contributed by atoms with E-state index in [4.69, 9.17) is 27.9 Å². The van der Waals surface area contributed by atoms with E-state index in [9.17, 15) is 14.5 Å². The molecule has 2 rings (SSSR count). The molecule has 104 valence electrons. The number of nitro groups is 1. The zero-order valence-corrected chi connectivity index (χ0v) is 11.5. The van der Waals surface area contributed by atoms with Crippen LogP contribution in [0.15, 0.2) is 36.4 Å². The van der Waals surface area contributed by atoms with Gasteiger partial charge in [-0.05, 0) is 29.8 Å². The molecule has 0 aliphatic heterocycles. The second kappa shape index (κ2) is 6.07. The van der Waals surface area contributed by atoms with Crippen molar-refractivity contribution in [2.75, 3.05) is 0 Å². The van der Waals surface area contributed by atoms with Gasteiger partial charge in [-0.1, -0.05) is 17.7 Å². The molecule has 4 nitrogen and oxygen atoms in total. The minimum atomic E-state index is -0.715. The summed E-state index contributed by atoms with van der Waals surface area (Å²) in [6.45, 7) is 0. The van der Waals surface area contributed by atoms with Gasteiger partial charge < -0.3 is 4.74 Å². The fraction of sp³-hybridized carbons (Fsp3) is 0.0769. The number of nitro benzene ring substituents is 1. The Morgan fingerprint density at radius 2 is 2.00 bits per heavy atom. The van der Waals surface area contributed by atoms with Crippen molar-refractivity contribution >= 4 is 28.9 Å². The highest BCUT2D eigenvalue weighted by atomic mass is 35.5. The minimum absolute atomic E-state index is 0.0638. The number of ether oxygens (including phenoxy) is 1. The molecule has 0 aliphatic carbocycles. The van der Waals surface area contributed by atoms with Crippen LogP contribution in [0.5, 0.6) is 11.5 Å². The number of alkyl halides is 1. The summed E-state index contributed by atoms with van der Waals surface area (Å²) in [6.07, 6.45) is 0. The van der Waals surface area contributed by atoms with Crippen LogP contribution in [-0.2, 0) is 5.88 Å². The SMILES string of the molecule is O=[N+]([O-])c1cc(F)ccc1Oc1ccc(CCl)c(Cl)c1. The first-order chi connectivity index (χ1) is 9.51. The van der Waals surface area contributed by atoms with Crippen molar-refractivity contribution in [1.82, 2.24) is 0 Å². The number of rotatable bonds is 4. The molecule has 2 aromatic rings. The average Bonchev–Trinajstić information content (AvgIpc) is 2.41. The first-order valence-corrected chi connectivity index (χ1v) is 6.38. The van der Waals surface area contributed by atoms with Crippen molar-refractivity contribution < 1.29 is 14.1 Å². The van der Waals surface area contributed by atoms with Crippen LogP contribution >= 0.6 is 23.2 Å². The number of benzene rings is 2. The molecule has 20 heavy (non-hydrogen) atoms. The molecule has 0 amide bonds. The van der Waals surface area contributed by atoms with Crippen molar-refractivity contribution in [3.05, 3.63) is 62.9 Å². The highest BCUT2D eigenvalue weighted by Crippen LogP contribution is 2.33. The molecule has 0 aromatic heterocycles. The first kappa shape index (κ1) is 14.6. The molecule has 0 saturated carbocycles. The van der Waals surface area contributed by atoms with Gasteiger partial charge in [0.2, 0.25) is 5.75 Å². The Bertz CT molecular complexity index is 664. The lowest BCUT2D eigenvalue weighted by Gasteiger charge is -2.08. The Morgan fingerprint density at radius 3 is 2.60 bits per heavy atom. The second-order valence-corrected chi connectivity index (χ2v) is 4.53.